The van der Waals surface area contributed by atoms with Crippen LogP contribution in [0, 0.1) is 5.92 Å². The van der Waals surface area contributed by atoms with Gasteiger partial charge in [-0.1, -0.05) is 11.6 Å². The second-order valence-electron chi connectivity index (χ2n) is 6.06. The highest BCUT2D eigenvalue weighted by molar-refractivity contribution is 7.14. The number of nitrogens with one attached hydrogen (secondary N) is 1. The van der Waals surface area contributed by atoms with Crippen molar-refractivity contribution in [3.8, 4) is 5.75 Å². The first-order chi connectivity index (χ1) is 12.8. The Hall–Kier alpha value is -2.58. The van der Waals surface area contributed by atoms with Gasteiger partial charge in [-0.05, 0) is 48.6 Å². The van der Waals surface area contributed by atoms with E-state index < -0.39 is 29.8 Å². The molecule has 2 heterocycles. The average molecular weight is 409 g/mol. The number of nitrogens with two attached hydrogens (primary N) is 1. The van der Waals surface area contributed by atoms with Crippen LogP contribution in [0.25, 0.3) is 0 Å². The maximum absolute atomic E-state index is 12.4. The SMILES string of the molecule is C[C@@H](OC(=O)[C@@H]1COc2ccc(Cl)cc2C1)C(=O)Nc1sccc1C(N)=O. The fourth-order valence-corrected chi connectivity index (χ4v) is 3.64. The van der Waals surface area contributed by atoms with E-state index in [1.165, 1.54) is 13.0 Å². The lowest BCUT2D eigenvalue weighted by atomic mass is 9.97. The van der Waals surface area contributed by atoms with Crippen LogP contribution in [0.4, 0.5) is 5.00 Å². The maximum atomic E-state index is 12.4. The summed E-state index contributed by atoms with van der Waals surface area (Å²) in [5.41, 5.74) is 6.27. The maximum Gasteiger partial charge on any atom is 0.313 e. The lowest BCUT2D eigenvalue weighted by molar-refractivity contribution is -0.158. The van der Waals surface area contributed by atoms with E-state index in [1.54, 1.807) is 23.6 Å². The second-order valence-corrected chi connectivity index (χ2v) is 7.41. The molecule has 142 valence electrons. The predicted molar refractivity (Wildman–Crippen MR) is 101 cm³/mol. The summed E-state index contributed by atoms with van der Waals surface area (Å²) >= 11 is 7.13. The number of carbonyl (C=O) groups is 3. The number of thiophene rings is 1. The Bertz CT molecular complexity index is 898. The van der Waals surface area contributed by atoms with Gasteiger partial charge in [0.05, 0.1) is 11.5 Å². The van der Waals surface area contributed by atoms with E-state index in [0.29, 0.717) is 22.2 Å². The van der Waals surface area contributed by atoms with Crippen LogP contribution in [0.3, 0.4) is 0 Å². The van der Waals surface area contributed by atoms with E-state index in [2.05, 4.69) is 5.32 Å². The molecule has 7 nitrogen and oxygen atoms in total. The molecule has 2 atom stereocenters. The van der Waals surface area contributed by atoms with Crippen LogP contribution in [0.5, 0.6) is 5.75 Å². The standard InChI is InChI=1S/C18H17ClN2O5S/c1-9(16(23)21-17-13(15(20)22)4-5-27-17)26-18(24)11-6-10-7-12(19)2-3-14(10)25-8-11/h2-5,7,9,11H,6,8H2,1H3,(H2,20,22)(H,21,23)/t9-,11+/m1/s1. The van der Waals surface area contributed by atoms with E-state index in [1.807, 2.05) is 0 Å². The largest absolute Gasteiger partial charge is 0.492 e. The average Bonchev–Trinajstić information content (AvgIpc) is 3.09. The van der Waals surface area contributed by atoms with Gasteiger partial charge in [0.15, 0.2) is 6.10 Å². The zero-order valence-electron chi connectivity index (χ0n) is 14.4. The number of primary amides is 1. The van der Waals surface area contributed by atoms with Crippen LogP contribution in [0.2, 0.25) is 5.02 Å². The summed E-state index contributed by atoms with van der Waals surface area (Å²) < 4.78 is 10.8. The van der Waals surface area contributed by atoms with Gasteiger partial charge in [-0.15, -0.1) is 11.3 Å². The number of amides is 2. The minimum absolute atomic E-state index is 0.165. The molecule has 1 aliphatic rings. The van der Waals surface area contributed by atoms with Gasteiger partial charge >= 0.3 is 5.97 Å². The molecular weight excluding hydrogens is 392 g/mol. The Balaban J connectivity index is 1.59. The van der Waals surface area contributed by atoms with E-state index >= 15 is 0 Å². The lowest BCUT2D eigenvalue weighted by Gasteiger charge is -2.25. The molecule has 9 heteroatoms. The molecule has 3 rings (SSSR count). The zero-order chi connectivity index (χ0) is 19.6. The molecule has 2 amide bonds. The number of benzene rings is 1. The topological polar surface area (TPSA) is 108 Å². The number of rotatable bonds is 5. The molecule has 0 aliphatic carbocycles. The van der Waals surface area contributed by atoms with Gasteiger partial charge < -0.3 is 20.5 Å². The van der Waals surface area contributed by atoms with Crippen molar-refractivity contribution in [3.63, 3.8) is 0 Å². The van der Waals surface area contributed by atoms with Crippen LogP contribution >= 0.6 is 22.9 Å². The number of halogens is 1. The quantitative estimate of drug-likeness (QED) is 0.739. The molecule has 0 radical (unpaired) electrons. The summed E-state index contributed by atoms with van der Waals surface area (Å²) in [5, 5.41) is 5.06. The Morgan fingerprint density at radius 3 is 2.89 bits per heavy atom. The van der Waals surface area contributed by atoms with Gasteiger partial charge in [-0.2, -0.15) is 0 Å². The van der Waals surface area contributed by atoms with E-state index in [4.69, 9.17) is 26.8 Å². The second kappa shape index (κ2) is 7.98. The van der Waals surface area contributed by atoms with Crippen LogP contribution < -0.4 is 15.8 Å². The van der Waals surface area contributed by atoms with Crippen molar-refractivity contribution < 1.29 is 23.9 Å². The Kier molecular flexibility index (Phi) is 5.67. The monoisotopic (exact) mass is 408 g/mol. The van der Waals surface area contributed by atoms with Crippen molar-refractivity contribution in [3.05, 3.63) is 45.8 Å². The van der Waals surface area contributed by atoms with Crippen LogP contribution in [0.15, 0.2) is 29.6 Å². The molecule has 0 unspecified atom stereocenters. The van der Waals surface area contributed by atoms with Crippen LogP contribution in [-0.2, 0) is 20.7 Å². The smallest absolute Gasteiger partial charge is 0.313 e. The van der Waals surface area contributed by atoms with E-state index in [0.717, 1.165) is 16.9 Å². The first-order valence-corrected chi connectivity index (χ1v) is 9.40. The molecule has 2 aromatic rings. The third-order valence-corrected chi connectivity index (χ3v) is 5.16. The molecule has 27 heavy (non-hydrogen) atoms. The number of ether oxygens (including phenoxy) is 2. The molecule has 3 N–H and O–H groups in total. The fraction of sp³-hybridized carbons (Fsp3) is 0.278. The summed E-state index contributed by atoms with van der Waals surface area (Å²) in [6.07, 6.45) is -0.624. The van der Waals surface area contributed by atoms with Gasteiger partial charge in [0.2, 0.25) is 0 Å². The first kappa shape index (κ1) is 19.2. The van der Waals surface area contributed by atoms with Gasteiger partial charge in [0.25, 0.3) is 11.8 Å². The van der Waals surface area contributed by atoms with Crippen LogP contribution in [0.1, 0.15) is 22.8 Å². The van der Waals surface area contributed by atoms with E-state index in [-0.39, 0.29) is 12.2 Å². The van der Waals surface area contributed by atoms with Gasteiger partial charge in [-0.25, -0.2) is 0 Å². The fourth-order valence-electron chi connectivity index (χ4n) is 2.65. The highest BCUT2D eigenvalue weighted by Crippen LogP contribution is 2.30. The summed E-state index contributed by atoms with van der Waals surface area (Å²) in [6, 6.07) is 6.73. The van der Waals surface area contributed by atoms with Gasteiger partial charge in [-0.3, -0.25) is 14.4 Å². The summed E-state index contributed by atoms with van der Waals surface area (Å²) in [6.45, 7) is 1.62. The van der Waals surface area contributed by atoms with Crippen molar-refractivity contribution >= 4 is 45.7 Å². The Labute approximate surface area is 164 Å². The van der Waals surface area contributed by atoms with Crippen molar-refractivity contribution in [1.82, 2.24) is 0 Å². The molecular formula is C18H17ClN2O5S. The van der Waals surface area contributed by atoms with Crippen LogP contribution in [-0.4, -0.2) is 30.5 Å². The van der Waals surface area contributed by atoms with Gasteiger partial charge in [0.1, 0.15) is 17.4 Å². The third-order valence-electron chi connectivity index (χ3n) is 4.09. The normalized spacial score (nSPS) is 16.6. The molecule has 1 aromatic heterocycles. The highest BCUT2D eigenvalue weighted by atomic mass is 35.5. The minimum atomic E-state index is -1.04. The molecule has 1 aliphatic heterocycles. The molecule has 0 bridgehead atoms. The number of esters is 1. The van der Waals surface area contributed by atoms with Crippen molar-refractivity contribution in [1.29, 1.82) is 0 Å². The number of carbonyl (C=O) groups excluding carboxylic acids is 3. The van der Waals surface area contributed by atoms with E-state index in [9.17, 15) is 14.4 Å². The number of fused-ring (bicyclic) bond motifs is 1. The highest BCUT2D eigenvalue weighted by Gasteiger charge is 2.30. The minimum Gasteiger partial charge on any atom is -0.492 e. The molecule has 0 saturated heterocycles. The van der Waals surface area contributed by atoms with Crippen molar-refractivity contribution in [2.24, 2.45) is 11.7 Å². The Morgan fingerprint density at radius 2 is 2.15 bits per heavy atom. The Morgan fingerprint density at radius 1 is 1.37 bits per heavy atom. The molecule has 1 aromatic carbocycles. The summed E-state index contributed by atoms with van der Waals surface area (Å²) in [7, 11) is 0. The molecule has 0 saturated carbocycles. The number of hydrogen-bond donors (Lipinski definition) is 2. The zero-order valence-corrected chi connectivity index (χ0v) is 15.9. The van der Waals surface area contributed by atoms with Crippen molar-refractivity contribution in [2.45, 2.75) is 19.4 Å². The summed E-state index contributed by atoms with van der Waals surface area (Å²) in [4.78, 5) is 36.0. The van der Waals surface area contributed by atoms with Gasteiger partial charge in [0, 0.05) is 5.02 Å². The first-order valence-electron chi connectivity index (χ1n) is 8.15. The lowest BCUT2D eigenvalue weighted by Crippen LogP contribution is -2.36. The third kappa shape index (κ3) is 4.40. The van der Waals surface area contributed by atoms with Crippen molar-refractivity contribution in [2.75, 3.05) is 11.9 Å². The number of anilines is 1. The summed E-state index contributed by atoms with van der Waals surface area (Å²) in [5.74, 6) is -1.58. The number of hydrogen-bond acceptors (Lipinski definition) is 6. The molecule has 0 spiro atoms. The molecule has 0 fully saturated rings. The predicted octanol–water partition coefficient (Wildman–Crippen LogP) is 2.62.